The number of nitrogens with zero attached hydrogens (tertiary/aromatic N) is 5. The molecular formula is C36H30N6O2S. The lowest BCUT2D eigenvalue weighted by atomic mass is 10.1. The van der Waals surface area contributed by atoms with Gasteiger partial charge in [0.25, 0.3) is 11.1 Å². The summed E-state index contributed by atoms with van der Waals surface area (Å²) in [5, 5.41) is 3.36. The molecule has 9 heteroatoms. The Balaban J connectivity index is 1.18. The molecule has 0 atom stereocenters. The van der Waals surface area contributed by atoms with E-state index in [0.717, 1.165) is 18.5 Å². The van der Waals surface area contributed by atoms with E-state index in [4.69, 9.17) is 26.9 Å². The molecule has 0 saturated carbocycles. The normalized spacial score (nSPS) is 10.8. The average molecular weight is 611 g/mol. The predicted molar refractivity (Wildman–Crippen MR) is 181 cm³/mol. The zero-order valence-electron chi connectivity index (χ0n) is 24.6. The maximum absolute atomic E-state index is 13.2. The average Bonchev–Trinajstić information content (AvgIpc) is 3.09. The molecule has 45 heavy (non-hydrogen) atoms. The van der Waals surface area contributed by atoms with Crippen LogP contribution < -0.4 is 10.1 Å². The van der Waals surface area contributed by atoms with Gasteiger partial charge < -0.3 is 15.0 Å². The smallest absolute Gasteiger partial charge is 0.265 e. The van der Waals surface area contributed by atoms with Crippen molar-refractivity contribution >= 4 is 40.0 Å². The summed E-state index contributed by atoms with van der Waals surface area (Å²) >= 11 is 5.61. The summed E-state index contributed by atoms with van der Waals surface area (Å²) in [6, 6.07) is 33.8. The number of carbonyl (C=O) groups excluding carboxylic acids is 1. The standard InChI is InChI=1S/C36H30N6O2S/c1-2-22-42(24-25-10-4-3-5-11-25)36(45)44-28-17-14-26(15-18-28)35(43)39-27-16-19-29-32(23-27)41-34(31-13-7-9-21-38-31)33(40-29)30-12-6-8-20-37-30/h3-21,23H,2,22,24H2,1H3,(H,39,43). The van der Waals surface area contributed by atoms with E-state index in [2.05, 4.69) is 34.3 Å². The number of thiocarbonyl (C=S) groups is 1. The van der Waals surface area contributed by atoms with Crippen molar-refractivity contribution in [2.24, 2.45) is 0 Å². The first-order valence-electron chi connectivity index (χ1n) is 14.6. The zero-order valence-corrected chi connectivity index (χ0v) is 25.4. The molecule has 6 aromatic rings. The largest absolute Gasteiger partial charge is 0.432 e. The van der Waals surface area contributed by atoms with Gasteiger partial charge in [-0.25, -0.2) is 9.97 Å². The number of amides is 1. The highest BCUT2D eigenvalue weighted by atomic mass is 32.1. The molecule has 0 aliphatic carbocycles. The molecule has 0 aliphatic rings. The number of rotatable bonds is 9. The van der Waals surface area contributed by atoms with Crippen LogP contribution in [0.4, 0.5) is 5.69 Å². The summed E-state index contributed by atoms with van der Waals surface area (Å²) < 4.78 is 5.99. The van der Waals surface area contributed by atoms with E-state index in [1.54, 1.807) is 42.7 Å². The molecule has 0 aliphatic heterocycles. The molecule has 3 aromatic heterocycles. The fourth-order valence-electron chi connectivity index (χ4n) is 4.85. The minimum atomic E-state index is -0.261. The summed E-state index contributed by atoms with van der Waals surface area (Å²) in [5.74, 6) is 0.306. The second-order valence-electron chi connectivity index (χ2n) is 10.3. The van der Waals surface area contributed by atoms with Gasteiger partial charge in [0.15, 0.2) is 0 Å². The van der Waals surface area contributed by atoms with Gasteiger partial charge in [-0.3, -0.25) is 14.8 Å². The first-order chi connectivity index (χ1) is 22.1. The summed E-state index contributed by atoms with van der Waals surface area (Å²) in [6.07, 6.45) is 4.38. The van der Waals surface area contributed by atoms with Crippen LogP contribution in [-0.2, 0) is 6.54 Å². The van der Waals surface area contributed by atoms with Gasteiger partial charge in [-0.05, 0) is 90.9 Å². The highest BCUT2D eigenvalue weighted by Crippen LogP contribution is 2.29. The van der Waals surface area contributed by atoms with E-state index in [0.29, 0.717) is 62.5 Å². The van der Waals surface area contributed by atoms with Crippen molar-refractivity contribution in [1.82, 2.24) is 24.8 Å². The van der Waals surface area contributed by atoms with Crippen LogP contribution in [0.1, 0.15) is 29.3 Å². The minimum absolute atomic E-state index is 0.261. The van der Waals surface area contributed by atoms with E-state index in [1.807, 2.05) is 71.6 Å². The molecule has 1 N–H and O–H groups in total. The predicted octanol–water partition coefficient (Wildman–Crippen LogP) is 7.58. The first kappa shape index (κ1) is 29.5. The molecule has 0 fully saturated rings. The molecule has 3 aromatic carbocycles. The molecule has 222 valence electrons. The van der Waals surface area contributed by atoms with Crippen molar-refractivity contribution < 1.29 is 9.53 Å². The number of benzene rings is 3. The van der Waals surface area contributed by atoms with E-state index < -0.39 is 0 Å². The van der Waals surface area contributed by atoms with Crippen molar-refractivity contribution in [2.75, 3.05) is 11.9 Å². The number of pyridine rings is 2. The molecule has 8 nitrogen and oxygen atoms in total. The maximum atomic E-state index is 13.2. The van der Waals surface area contributed by atoms with E-state index in [1.165, 1.54) is 0 Å². The third-order valence-electron chi connectivity index (χ3n) is 7.03. The molecule has 0 bridgehead atoms. The fraction of sp³-hybridized carbons (Fsp3) is 0.111. The monoisotopic (exact) mass is 610 g/mol. The van der Waals surface area contributed by atoms with Crippen LogP contribution in [0.25, 0.3) is 33.8 Å². The summed E-state index contributed by atoms with van der Waals surface area (Å²) in [5.41, 5.74) is 6.16. The molecule has 1 amide bonds. The Morgan fingerprint density at radius 3 is 2.04 bits per heavy atom. The van der Waals surface area contributed by atoms with Crippen molar-refractivity contribution in [3.8, 4) is 28.5 Å². The molecule has 3 heterocycles. The molecule has 0 spiro atoms. The number of nitrogens with one attached hydrogen (secondary N) is 1. The van der Waals surface area contributed by atoms with Crippen molar-refractivity contribution in [1.29, 1.82) is 0 Å². The van der Waals surface area contributed by atoms with Gasteiger partial charge in [-0.2, -0.15) is 0 Å². The second-order valence-corrected chi connectivity index (χ2v) is 10.7. The SMILES string of the molecule is CCCN(Cc1ccccc1)C(=S)Oc1ccc(C(=O)Nc2ccc3nc(-c4ccccn4)c(-c4ccccn4)nc3c2)cc1. The Morgan fingerprint density at radius 1 is 0.778 bits per heavy atom. The van der Waals surface area contributed by atoms with Gasteiger partial charge in [0, 0.05) is 36.7 Å². The van der Waals surface area contributed by atoms with Crippen LogP contribution in [0.5, 0.6) is 5.75 Å². The lowest BCUT2D eigenvalue weighted by Crippen LogP contribution is -2.33. The van der Waals surface area contributed by atoms with Gasteiger partial charge in [0.05, 0.1) is 22.4 Å². The van der Waals surface area contributed by atoms with Gasteiger partial charge in [-0.15, -0.1) is 0 Å². The van der Waals surface area contributed by atoms with Crippen LogP contribution in [0.2, 0.25) is 0 Å². The van der Waals surface area contributed by atoms with E-state index in [-0.39, 0.29) is 5.91 Å². The van der Waals surface area contributed by atoms with Crippen molar-refractivity contribution in [3.05, 3.63) is 133 Å². The molecule has 6 rings (SSSR count). The van der Waals surface area contributed by atoms with Crippen LogP contribution in [0, 0.1) is 0 Å². The third-order valence-corrected chi connectivity index (χ3v) is 7.37. The first-order valence-corrected chi connectivity index (χ1v) is 15.0. The highest BCUT2D eigenvalue weighted by molar-refractivity contribution is 7.80. The number of carbonyl (C=O) groups is 1. The van der Waals surface area contributed by atoms with E-state index in [9.17, 15) is 4.79 Å². The summed E-state index contributed by atoms with van der Waals surface area (Å²) in [6.45, 7) is 3.55. The van der Waals surface area contributed by atoms with Crippen molar-refractivity contribution in [3.63, 3.8) is 0 Å². The topological polar surface area (TPSA) is 93.1 Å². The van der Waals surface area contributed by atoms with Crippen LogP contribution in [0.3, 0.4) is 0 Å². The third kappa shape index (κ3) is 7.17. The lowest BCUT2D eigenvalue weighted by Gasteiger charge is -2.24. The van der Waals surface area contributed by atoms with Gasteiger partial charge in [-0.1, -0.05) is 49.4 Å². The molecule has 0 saturated heterocycles. The Hall–Kier alpha value is -5.54. The summed E-state index contributed by atoms with van der Waals surface area (Å²) in [7, 11) is 0. The van der Waals surface area contributed by atoms with Crippen LogP contribution in [0.15, 0.2) is 122 Å². The van der Waals surface area contributed by atoms with Gasteiger partial charge >= 0.3 is 0 Å². The second kappa shape index (κ2) is 13.8. The molecule has 0 unspecified atom stereocenters. The van der Waals surface area contributed by atoms with Gasteiger partial charge in [0.1, 0.15) is 17.1 Å². The Labute approximate surface area is 266 Å². The van der Waals surface area contributed by atoms with Crippen LogP contribution in [-0.4, -0.2) is 42.5 Å². The lowest BCUT2D eigenvalue weighted by molar-refractivity contribution is 0.102. The number of ether oxygens (including phenoxy) is 1. The fourth-order valence-corrected chi connectivity index (χ4v) is 5.10. The van der Waals surface area contributed by atoms with Crippen molar-refractivity contribution in [2.45, 2.75) is 19.9 Å². The van der Waals surface area contributed by atoms with Gasteiger partial charge in [0.2, 0.25) is 0 Å². The Kier molecular flexibility index (Phi) is 9.08. The number of aromatic nitrogens is 4. The molecule has 0 radical (unpaired) electrons. The zero-order chi connectivity index (χ0) is 31.0. The number of anilines is 1. The number of hydrogen-bond acceptors (Lipinski definition) is 7. The number of fused-ring (bicyclic) bond motifs is 1. The highest BCUT2D eigenvalue weighted by Gasteiger charge is 2.16. The Bertz CT molecular complexity index is 1920. The quantitative estimate of drug-likeness (QED) is 0.168. The van der Waals surface area contributed by atoms with Crippen LogP contribution >= 0.6 is 12.2 Å². The Morgan fingerprint density at radius 2 is 1.42 bits per heavy atom. The van der Waals surface area contributed by atoms with E-state index >= 15 is 0 Å². The maximum Gasteiger partial charge on any atom is 0.265 e. The number of hydrogen-bond donors (Lipinski definition) is 1. The molecular weight excluding hydrogens is 581 g/mol. The minimum Gasteiger partial charge on any atom is -0.432 e. The summed E-state index contributed by atoms with van der Waals surface area (Å²) in [4.78, 5) is 34.0.